The van der Waals surface area contributed by atoms with E-state index in [-0.39, 0.29) is 5.69 Å². The van der Waals surface area contributed by atoms with Crippen LogP contribution in [-0.4, -0.2) is 14.7 Å². The second-order valence-electron chi connectivity index (χ2n) is 3.47. The smallest absolute Gasteiger partial charge is 0.258 e. The molecular weight excluding hydrogens is 220 g/mol. The number of nitro groups is 1. The molecule has 0 N–H and O–H groups in total. The minimum atomic E-state index is -0.458. The highest BCUT2D eigenvalue weighted by molar-refractivity contribution is 5.42. The van der Waals surface area contributed by atoms with Gasteiger partial charge in [0.1, 0.15) is 6.07 Å². The fraction of sp³-hybridized carbons (Fsp3) is 0.0909. The maximum Gasteiger partial charge on any atom is 0.269 e. The first kappa shape index (κ1) is 10.8. The Morgan fingerprint density at radius 2 is 2.06 bits per heavy atom. The summed E-state index contributed by atoms with van der Waals surface area (Å²) in [5.41, 5.74) is 1.84. The molecule has 1 heterocycles. The summed E-state index contributed by atoms with van der Waals surface area (Å²) in [7, 11) is 0. The lowest BCUT2D eigenvalue weighted by Crippen LogP contribution is -1.99. The van der Waals surface area contributed by atoms with Gasteiger partial charge in [-0.1, -0.05) is 0 Å². The maximum atomic E-state index is 10.5. The molecule has 0 aliphatic heterocycles. The molecule has 2 aromatic rings. The van der Waals surface area contributed by atoms with Gasteiger partial charge in [0.25, 0.3) is 5.69 Å². The second kappa shape index (κ2) is 4.06. The van der Waals surface area contributed by atoms with E-state index in [0.29, 0.717) is 11.4 Å². The van der Waals surface area contributed by atoms with Gasteiger partial charge in [-0.25, -0.2) is 4.68 Å². The normalized spacial score (nSPS) is 9.88. The second-order valence-corrected chi connectivity index (χ2v) is 3.47. The van der Waals surface area contributed by atoms with Crippen LogP contribution in [0.25, 0.3) is 5.69 Å². The van der Waals surface area contributed by atoms with Crippen molar-refractivity contribution >= 4 is 5.69 Å². The fourth-order valence-electron chi connectivity index (χ4n) is 1.51. The van der Waals surface area contributed by atoms with Crippen LogP contribution in [0.2, 0.25) is 0 Å². The molecule has 1 aromatic carbocycles. The van der Waals surface area contributed by atoms with Gasteiger partial charge in [0.2, 0.25) is 0 Å². The van der Waals surface area contributed by atoms with E-state index >= 15 is 0 Å². The Morgan fingerprint density at radius 1 is 1.41 bits per heavy atom. The van der Waals surface area contributed by atoms with E-state index in [1.807, 2.05) is 13.0 Å². The number of aryl methyl sites for hydroxylation is 1. The lowest BCUT2D eigenvalue weighted by Gasteiger charge is -2.02. The van der Waals surface area contributed by atoms with Gasteiger partial charge in [0.05, 0.1) is 10.6 Å². The van der Waals surface area contributed by atoms with Crippen LogP contribution >= 0.6 is 0 Å². The van der Waals surface area contributed by atoms with Crippen molar-refractivity contribution in [3.8, 4) is 11.8 Å². The molecule has 0 radical (unpaired) electrons. The predicted molar refractivity (Wildman–Crippen MR) is 59.7 cm³/mol. The average Bonchev–Trinajstić information content (AvgIpc) is 2.71. The number of hydrogen-bond donors (Lipinski definition) is 0. The third-order valence-corrected chi connectivity index (χ3v) is 2.31. The van der Waals surface area contributed by atoms with Gasteiger partial charge in [0.15, 0.2) is 5.69 Å². The monoisotopic (exact) mass is 228 g/mol. The molecule has 2 rings (SSSR count). The Bertz CT molecular complexity index is 607. The molecule has 0 aliphatic carbocycles. The number of aromatic nitrogens is 2. The van der Waals surface area contributed by atoms with Crippen molar-refractivity contribution in [2.45, 2.75) is 6.92 Å². The lowest BCUT2D eigenvalue weighted by atomic mass is 10.3. The van der Waals surface area contributed by atoms with Crippen molar-refractivity contribution < 1.29 is 4.92 Å². The number of benzene rings is 1. The van der Waals surface area contributed by atoms with Crippen LogP contribution in [-0.2, 0) is 0 Å². The van der Waals surface area contributed by atoms with Crippen molar-refractivity contribution in [2.24, 2.45) is 0 Å². The van der Waals surface area contributed by atoms with E-state index in [4.69, 9.17) is 5.26 Å². The summed E-state index contributed by atoms with van der Waals surface area (Å²) in [5, 5.41) is 23.3. The SMILES string of the molecule is Cc1cc(C#N)nn1-c1ccc([N+](=O)[O-])cc1. The first-order valence-corrected chi connectivity index (χ1v) is 4.83. The highest BCUT2D eigenvalue weighted by Gasteiger charge is 2.08. The Hall–Kier alpha value is -2.68. The van der Waals surface area contributed by atoms with Crippen LogP contribution in [0.15, 0.2) is 30.3 Å². The molecule has 0 atom stereocenters. The Labute approximate surface area is 96.9 Å². The molecule has 0 spiro atoms. The molecule has 0 amide bonds. The van der Waals surface area contributed by atoms with Crippen molar-refractivity contribution in [1.29, 1.82) is 5.26 Å². The molecule has 17 heavy (non-hydrogen) atoms. The van der Waals surface area contributed by atoms with Crippen LogP contribution in [0.1, 0.15) is 11.4 Å². The summed E-state index contributed by atoms with van der Waals surface area (Å²) in [6.45, 7) is 1.81. The molecule has 0 fully saturated rings. The van der Waals surface area contributed by atoms with Gasteiger partial charge in [-0.05, 0) is 25.1 Å². The highest BCUT2D eigenvalue weighted by Crippen LogP contribution is 2.16. The number of nitriles is 1. The van der Waals surface area contributed by atoms with Crippen LogP contribution in [0.4, 0.5) is 5.69 Å². The van der Waals surface area contributed by atoms with E-state index in [0.717, 1.165) is 5.69 Å². The van der Waals surface area contributed by atoms with Gasteiger partial charge in [0, 0.05) is 17.8 Å². The van der Waals surface area contributed by atoms with Gasteiger partial charge in [-0.2, -0.15) is 10.4 Å². The standard InChI is InChI=1S/C11H8N4O2/c1-8-6-9(7-12)13-14(8)10-2-4-11(5-3-10)15(16)17/h2-6H,1H3. The summed E-state index contributed by atoms with van der Waals surface area (Å²) in [5.74, 6) is 0. The quantitative estimate of drug-likeness (QED) is 0.580. The van der Waals surface area contributed by atoms with Gasteiger partial charge in [-0.15, -0.1) is 0 Å². The summed E-state index contributed by atoms with van der Waals surface area (Å²) in [6.07, 6.45) is 0. The fourth-order valence-corrected chi connectivity index (χ4v) is 1.51. The number of non-ortho nitro benzene ring substituents is 1. The lowest BCUT2D eigenvalue weighted by molar-refractivity contribution is -0.384. The minimum absolute atomic E-state index is 0.0269. The Kier molecular flexibility index (Phi) is 2.58. The molecule has 6 nitrogen and oxygen atoms in total. The largest absolute Gasteiger partial charge is 0.269 e. The van der Waals surface area contributed by atoms with Crippen LogP contribution in [0.3, 0.4) is 0 Å². The zero-order valence-corrected chi connectivity index (χ0v) is 8.99. The zero-order valence-electron chi connectivity index (χ0n) is 8.99. The first-order chi connectivity index (χ1) is 8.11. The molecule has 0 aliphatic rings. The van der Waals surface area contributed by atoms with Gasteiger partial charge in [-0.3, -0.25) is 10.1 Å². The van der Waals surface area contributed by atoms with E-state index in [1.165, 1.54) is 12.1 Å². The van der Waals surface area contributed by atoms with E-state index in [1.54, 1.807) is 22.9 Å². The highest BCUT2D eigenvalue weighted by atomic mass is 16.6. The maximum absolute atomic E-state index is 10.5. The van der Waals surface area contributed by atoms with Crippen LogP contribution in [0.5, 0.6) is 0 Å². The summed E-state index contributed by atoms with van der Waals surface area (Å²) in [4.78, 5) is 10.0. The average molecular weight is 228 g/mol. The van der Waals surface area contributed by atoms with E-state index in [2.05, 4.69) is 5.10 Å². The van der Waals surface area contributed by atoms with Gasteiger partial charge < -0.3 is 0 Å². The third kappa shape index (κ3) is 1.99. The van der Waals surface area contributed by atoms with Gasteiger partial charge >= 0.3 is 0 Å². The molecule has 0 saturated carbocycles. The minimum Gasteiger partial charge on any atom is -0.258 e. The summed E-state index contributed by atoms with van der Waals surface area (Å²) >= 11 is 0. The number of nitrogens with zero attached hydrogens (tertiary/aromatic N) is 4. The van der Waals surface area contributed by atoms with Crippen molar-refractivity contribution in [2.75, 3.05) is 0 Å². The molecule has 84 valence electrons. The van der Waals surface area contributed by atoms with E-state index < -0.39 is 4.92 Å². The number of hydrogen-bond acceptors (Lipinski definition) is 4. The molecule has 1 aromatic heterocycles. The first-order valence-electron chi connectivity index (χ1n) is 4.83. The van der Waals surface area contributed by atoms with Crippen molar-refractivity contribution in [3.05, 3.63) is 51.8 Å². The molecule has 6 heteroatoms. The Balaban J connectivity index is 2.43. The topological polar surface area (TPSA) is 84.8 Å². The van der Waals surface area contributed by atoms with E-state index in [9.17, 15) is 10.1 Å². The molecular formula is C11H8N4O2. The third-order valence-electron chi connectivity index (χ3n) is 2.31. The van der Waals surface area contributed by atoms with Crippen molar-refractivity contribution in [3.63, 3.8) is 0 Å². The number of nitro benzene ring substituents is 1. The zero-order chi connectivity index (χ0) is 12.4. The Morgan fingerprint density at radius 3 is 2.53 bits per heavy atom. The summed E-state index contributed by atoms with van der Waals surface area (Å²) < 4.78 is 1.57. The molecule has 0 unspecified atom stereocenters. The summed E-state index contributed by atoms with van der Waals surface area (Å²) in [6, 6.07) is 9.61. The molecule has 0 bridgehead atoms. The van der Waals surface area contributed by atoms with Crippen LogP contribution in [0, 0.1) is 28.4 Å². The number of rotatable bonds is 2. The predicted octanol–water partition coefficient (Wildman–Crippen LogP) is 1.96. The van der Waals surface area contributed by atoms with Crippen molar-refractivity contribution in [1.82, 2.24) is 9.78 Å². The molecule has 0 saturated heterocycles. The van der Waals surface area contributed by atoms with Crippen LogP contribution < -0.4 is 0 Å².